The Hall–Kier alpha value is -3.17. The van der Waals surface area contributed by atoms with Gasteiger partial charge in [-0.2, -0.15) is 0 Å². The van der Waals surface area contributed by atoms with Crippen molar-refractivity contribution < 1.29 is 18.0 Å². The number of carbonyl (C=O) groups is 2. The van der Waals surface area contributed by atoms with E-state index in [1.54, 1.807) is 25.1 Å². The lowest BCUT2D eigenvalue weighted by Crippen LogP contribution is -2.50. The van der Waals surface area contributed by atoms with Gasteiger partial charge in [-0.3, -0.25) is 13.9 Å². The fourth-order valence-corrected chi connectivity index (χ4v) is 5.98. The average molecular weight is 587 g/mol. The highest BCUT2D eigenvalue weighted by Crippen LogP contribution is 2.28. The first kappa shape index (κ1) is 28.4. The summed E-state index contributed by atoms with van der Waals surface area (Å²) in [5.74, 6) is -0.838. The van der Waals surface area contributed by atoms with Gasteiger partial charge in [-0.15, -0.1) is 0 Å². The molecule has 0 saturated carbocycles. The number of likely N-dealkylation sites (N-methyl/N-ethyl adjacent to an activating group) is 1. The Morgan fingerprint density at radius 3 is 2.19 bits per heavy atom. The number of hydrogen-bond acceptors (Lipinski definition) is 4. The zero-order valence-electron chi connectivity index (χ0n) is 21.7. The quantitative estimate of drug-likeness (QED) is 0.393. The summed E-state index contributed by atoms with van der Waals surface area (Å²) in [6.45, 7) is 6.92. The molecule has 0 unspecified atom stereocenters. The molecule has 0 aliphatic heterocycles. The molecular weight excluding hydrogens is 554 g/mol. The van der Waals surface area contributed by atoms with Crippen molar-refractivity contribution in [3.05, 3.63) is 93.5 Å². The number of benzene rings is 3. The van der Waals surface area contributed by atoms with Crippen LogP contribution in [0.3, 0.4) is 0 Å². The number of nitrogens with zero attached hydrogens (tertiary/aromatic N) is 2. The Morgan fingerprint density at radius 1 is 0.946 bits per heavy atom. The van der Waals surface area contributed by atoms with Crippen LogP contribution in [-0.4, -0.2) is 44.8 Å². The van der Waals surface area contributed by atoms with Gasteiger partial charge in [0.2, 0.25) is 11.8 Å². The van der Waals surface area contributed by atoms with Crippen LogP contribution in [-0.2, 0) is 26.2 Å². The van der Waals surface area contributed by atoms with Crippen LogP contribution in [0, 0.1) is 20.8 Å². The molecule has 0 spiro atoms. The topological polar surface area (TPSA) is 86.8 Å². The van der Waals surface area contributed by atoms with Crippen LogP contribution >= 0.6 is 15.9 Å². The third-order valence-corrected chi connectivity index (χ3v) is 8.43. The summed E-state index contributed by atoms with van der Waals surface area (Å²) >= 11 is 3.44. The predicted molar refractivity (Wildman–Crippen MR) is 150 cm³/mol. The maximum absolute atomic E-state index is 13.9. The number of carbonyl (C=O) groups excluding carboxylic acids is 2. The van der Waals surface area contributed by atoms with Crippen molar-refractivity contribution in [3.63, 3.8) is 0 Å². The molecule has 1 atom stereocenters. The predicted octanol–water partition coefficient (Wildman–Crippen LogP) is 4.73. The lowest BCUT2D eigenvalue weighted by atomic mass is 10.1. The molecule has 0 aromatic heterocycles. The molecule has 2 amide bonds. The first-order valence-electron chi connectivity index (χ1n) is 11.9. The first-order chi connectivity index (χ1) is 17.4. The smallest absolute Gasteiger partial charge is 0.264 e. The molecule has 0 fully saturated rings. The normalized spacial score (nSPS) is 12.1. The number of aryl methyl sites for hydroxylation is 3. The van der Waals surface area contributed by atoms with E-state index in [2.05, 4.69) is 21.2 Å². The van der Waals surface area contributed by atoms with Crippen molar-refractivity contribution in [1.29, 1.82) is 0 Å². The van der Waals surface area contributed by atoms with Crippen LogP contribution in [0.1, 0.15) is 29.2 Å². The summed E-state index contributed by atoms with van der Waals surface area (Å²) in [4.78, 5) is 27.9. The molecule has 0 aliphatic carbocycles. The molecule has 0 aliphatic rings. The van der Waals surface area contributed by atoms with E-state index in [9.17, 15) is 18.0 Å². The lowest BCUT2D eigenvalue weighted by Gasteiger charge is -2.32. The summed E-state index contributed by atoms with van der Waals surface area (Å²) in [6.07, 6.45) is 0. The van der Waals surface area contributed by atoms with E-state index < -0.39 is 28.5 Å². The van der Waals surface area contributed by atoms with Crippen molar-refractivity contribution in [2.75, 3.05) is 17.9 Å². The molecule has 3 aromatic rings. The van der Waals surface area contributed by atoms with E-state index in [4.69, 9.17) is 0 Å². The van der Waals surface area contributed by atoms with Gasteiger partial charge in [0.05, 0.1) is 10.6 Å². The van der Waals surface area contributed by atoms with Gasteiger partial charge in [0.1, 0.15) is 12.6 Å². The Bertz CT molecular complexity index is 1390. The van der Waals surface area contributed by atoms with Crippen LogP contribution in [0.15, 0.2) is 76.1 Å². The summed E-state index contributed by atoms with van der Waals surface area (Å²) in [7, 11) is -2.58. The molecule has 0 bridgehead atoms. The van der Waals surface area contributed by atoms with E-state index in [1.807, 2.05) is 57.2 Å². The van der Waals surface area contributed by atoms with Crippen molar-refractivity contribution in [2.45, 2.75) is 45.2 Å². The summed E-state index contributed by atoms with van der Waals surface area (Å²) in [5, 5.41) is 2.59. The second-order valence-corrected chi connectivity index (χ2v) is 11.8. The van der Waals surface area contributed by atoms with Crippen LogP contribution in [0.5, 0.6) is 0 Å². The van der Waals surface area contributed by atoms with Gasteiger partial charge in [-0.05, 0) is 69.2 Å². The van der Waals surface area contributed by atoms with Crippen molar-refractivity contribution in [3.8, 4) is 0 Å². The minimum Gasteiger partial charge on any atom is -0.357 e. The highest BCUT2D eigenvalue weighted by molar-refractivity contribution is 9.10. The third-order valence-electron chi connectivity index (χ3n) is 6.16. The van der Waals surface area contributed by atoms with Crippen LogP contribution in [0.4, 0.5) is 5.69 Å². The van der Waals surface area contributed by atoms with E-state index in [-0.39, 0.29) is 17.3 Å². The fraction of sp³-hybridized carbons (Fsp3) is 0.286. The van der Waals surface area contributed by atoms with E-state index in [0.717, 1.165) is 31.0 Å². The number of nitrogens with one attached hydrogen (secondary N) is 1. The molecule has 3 aromatic carbocycles. The molecule has 1 N–H and O–H groups in total. The summed E-state index contributed by atoms with van der Waals surface area (Å²) in [5.41, 5.74) is 3.84. The van der Waals surface area contributed by atoms with Gasteiger partial charge in [0.15, 0.2) is 0 Å². The van der Waals surface area contributed by atoms with E-state index >= 15 is 0 Å². The molecule has 9 heteroatoms. The van der Waals surface area contributed by atoms with E-state index in [0.29, 0.717) is 5.69 Å². The maximum atomic E-state index is 13.9. The Morgan fingerprint density at radius 2 is 1.59 bits per heavy atom. The number of hydrogen-bond donors (Lipinski definition) is 1. The second kappa shape index (κ2) is 11.9. The van der Waals surface area contributed by atoms with Gasteiger partial charge in [0, 0.05) is 18.1 Å². The maximum Gasteiger partial charge on any atom is 0.264 e. The molecular formula is C28H32BrN3O4S. The molecule has 37 heavy (non-hydrogen) atoms. The monoisotopic (exact) mass is 585 g/mol. The number of rotatable bonds is 9. The molecule has 7 nitrogen and oxygen atoms in total. The minimum absolute atomic E-state index is 0.0868. The fourth-order valence-electron chi connectivity index (χ4n) is 4.06. The Labute approximate surface area is 227 Å². The zero-order chi connectivity index (χ0) is 27.3. The highest BCUT2D eigenvalue weighted by Gasteiger charge is 2.33. The van der Waals surface area contributed by atoms with Gasteiger partial charge < -0.3 is 10.2 Å². The largest absolute Gasteiger partial charge is 0.357 e. The Balaban J connectivity index is 2.07. The van der Waals surface area contributed by atoms with Crippen molar-refractivity contribution in [2.24, 2.45) is 0 Å². The first-order valence-corrected chi connectivity index (χ1v) is 14.1. The standard InChI is InChI=1S/C28H32BrN3O4S/c1-19-9-12-25(13-10-19)37(35,36)32(26-14-11-20(2)15-21(26)3)18-27(33)31(22(4)28(34)30-5)17-23-7-6-8-24(29)16-23/h6-16,22H,17-18H2,1-5H3,(H,30,34)/t22-/m1/s1. The summed E-state index contributed by atoms with van der Waals surface area (Å²) < 4.78 is 29.7. The van der Waals surface area contributed by atoms with Gasteiger partial charge in [-0.1, -0.05) is 63.5 Å². The number of sulfonamides is 1. The number of anilines is 1. The molecule has 0 heterocycles. The molecule has 3 rings (SSSR count). The molecule has 196 valence electrons. The Kier molecular flexibility index (Phi) is 9.15. The SMILES string of the molecule is CNC(=O)[C@@H](C)N(Cc1cccc(Br)c1)C(=O)CN(c1ccc(C)cc1C)S(=O)(=O)c1ccc(C)cc1. The molecule has 0 saturated heterocycles. The van der Waals surface area contributed by atoms with Gasteiger partial charge in [0.25, 0.3) is 10.0 Å². The third kappa shape index (κ3) is 6.78. The summed E-state index contributed by atoms with van der Waals surface area (Å²) in [6, 6.07) is 18.5. The van der Waals surface area contributed by atoms with Gasteiger partial charge >= 0.3 is 0 Å². The number of halogens is 1. The lowest BCUT2D eigenvalue weighted by molar-refractivity contribution is -0.139. The average Bonchev–Trinajstić information content (AvgIpc) is 2.85. The van der Waals surface area contributed by atoms with Gasteiger partial charge in [-0.25, -0.2) is 8.42 Å². The van der Waals surface area contributed by atoms with Crippen molar-refractivity contribution in [1.82, 2.24) is 10.2 Å². The van der Waals surface area contributed by atoms with Crippen LogP contribution in [0.25, 0.3) is 0 Å². The second-order valence-electron chi connectivity index (χ2n) is 9.06. The van der Waals surface area contributed by atoms with E-state index in [1.165, 1.54) is 24.1 Å². The zero-order valence-corrected chi connectivity index (χ0v) is 24.1. The van der Waals surface area contributed by atoms with Crippen molar-refractivity contribution >= 4 is 43.5 Å². The van der Waals surface area contributed by atoms with Crippen LogP contribution in [0.2, 0.25) is 0 Å². The molecule has 0 radical (unpaired) electrons. The minimum atomic E-state index is -4.09. The van der Waals surface area contributed by atoms with Crippen LogP contribution < -0.4 is 9.62 Å². The number of amides is 2. The highest BCUT2D eigenvalue weighted by atomic mass is 79.9.